The fraction of sp³-hybridized carbons (Fsp3) is 0.192. The highest BCUT2D eigenvalue weighted by molar-refractivity contribution is 9.10. The van der Waals surface area contributed by atoms with Crippen molar-refractivity contribution < 1.29 is 23.8 Å². The molecule has 36 heavy (non-hydrogen) atoms. The Morgan fingerprint density at radius 3 is 2.17 bits per heavy atom. The summed E-state index contributed by atoms with van der Waals surface area (Å²) in [5.41, 5.74) is 6.39. The molecule has 0 spiro atoms. The molecule has 8 nitrogen and oxygen atoms in total. The van der Waals surface area contributed by atoms with Crippen LogP contribution in [0.25, 0.3) is 0 Å². The van der Waals surface area contributed by atoms with E-state index in [4.69, 9.17) is 26.4 Å². The third-order valence-corrected chi connectivity index (χ3v) is 5.61. The van der Waals surface area contributed by atoms with Gasteiger partial charge in [0.2, 0.25) is 0 Å². The van der Waals surface area contributed by atoms with E-state index >= 15 is 0 Å². The molecule has 0 aromatic heterocycles. The second-order valence-corrected chi connectivity index (χ2v) is 8.66. The fourth-order valence-electron chi connectivity index (χ4n) is 2.93. The Bertz CT molecular complexity index is 1180. The molecule has 3 aromatic carbocycles. The van der Waals surface area contributed by atoms with Gasteiger partial charge < -0.3 is 14.2 Å². The van der Waals surface area contributed by atoms with Gasteiger partial charge >= 0.3 is 0 Å². The van der Waals surface area contributed by atoms with E-state index in [1.54, 1.807) is 30.3 Å². The predicted molar refractivity (Wildman–Crippen MR) is 144 cm³/mol. The molecule has 0 saturated heterocycles. The third-order valence-electron chi connectivity index (χ3n) is 4.79. The van der Waals surface area contributed by atoms with Crippen molar-refractivity contribution in [3.8, 4) is 17.2 Å². The van der Waals surface area contributed by atoms with Crippen LogP contribution in [-0.4, -0.2) is 36.7 Å². The van der Waals surface area contributed by atoms with Crippen LogP contribution in [0.5, 0.6) is 17.2 Å². The zero-order valence-electron chi connectivity index (χ0n) is 19.6. The zero-order valence-corrected chi connectivity index (χ0v) is 22.0. The van der Waals surface area contributed by atoms with E-state index < -0.39 is 11.8 Å². The van der Waals surface area contributed by atoms with Crippen LogP contribution in [0.1, 0.15) is 22.8 Å². The zero-order chi connectivity index (χ0) is 25.8. The normalized spacial score (nSPS) is 10.2. The van der Waals surface area contributed by atoms with Crippen molar-refractivity contribution in [1.82, 2.24) is 16.2 Å². The number of thiocarbonyl (C=S) groups is 1. The van der Waals surface area contributed by atoms with Crippen molar-refractivity contribution in [3.63, 3.8) is 0 Å². The summed E-state index contributed by atoms with van der Waals surface area (Å²) in [6.45, 7) is 2.58. The average Bonchev–Trinajstić information content (AvgIpc) is 2.90. The van der Waals surface area contributed by atoms with E-state index in [-0.39, 0.29) is 11.7 Å². The second kappa shape index (κ2) is 14.1. The Morgan fingerprint density at radius 1 is 0.861 bits per heavy atom. The lowest BCUT2D eigenvalue weighted by Gasteiger charge is -2.12. The third kappa shape index (κ3) is 8.86. The van der Waals surface area contributed by atoms with Crippen LogP contribution in [0.4, 0.5) is 0 Å². The van der Waals surface area contributed by atoms with Crippen molar-refractivity contribution in [2.75, 3.05) is 19.8 Å². The molecular formula is C26H26BrN3O5S. The molecule has 188 valence electrons. The SMILES string of the molecule is CCc1ccc(OCC(=O)NNC(=S)NC(=O)c2ccc(OCCOc3ccccc3)cc2)c(Br)c1. The van der Waals surface area contributed by atoms with Crippen LogP contribution in [0.15, 0.2) is 77.3 Å². The smallest absolute Gasteiger partial charge is 0.276 e. The molecule has 2 amide bonds. The average molecular weight is 572 g/mol. The van der Waals surface area contributed by atoms with Crippen LogP contribution < -0.4 is 30.4 Å². The van der Waals surface area contributed by atoms with Crippen LogP contribution >= 0.6 is 28.1 Å². The number of benzene rings is 3. The minimum Gasteiger partial charge on any atom is -0.490 e. The number of nitrogens with one attached hydrogen (secondary N) is 3. The molecule has 0 fully saturated rings. The van der Waals surface area contributed by atoms with Crippen molar-refractivity contribution in [2.45, 2.75) is 13.3 Å². The van der Waals surface area contributed by atoms with Crippen LogP contribution in [-0.2, 0) is 11.2 Å². The molecule has 3 N–H and O–H groups in total. The largest absolute Gasteiger partial charge is 0.490 e. The maximum Gasteiger partial charge on any atom is 0.276 e. The van der Waals surface area contributed by atoms with Gasteiger partial charge in [-0.25, -0.2) is 0 Å². The molecule has 0 heterocycles. The fourth-order valence-corrected chi connectivity index (χ4v) is 3.62. The highest BCUT2D eigenvalue weighted by atomic mass is 79.9. The number of hydrazine groups is 1. The van der Waals surface area contributed by atoms with Crippen LogP contribution in [0.2, 0.25) is 0 Å². The molecule has 3 rings (SSSR count). The minimum atomic E-state index is -0.462. The maximum atomic E-state index is 12.4. The van der Waals surface area contributed by atoms with Gasteiger partial charge in [-0.2, -0.15) is 0 Å². The Morgan fingerprint density at radius 2 is 1.53 bits per heavy atom. The second-order valence-electron chi connectivity index (χ2n) is 7.40. The summed E-state index contributed by atoms with van der Waals surface area (Å²) >= 11 is 8.49. The van der Waals surface area contributed by atoms with E-state index in [9.17, 15) is 9.59 Å². The topological polar surface area (TPSA) is 97.9 Å². The van der Waals surface area contributed by atoms with Gasteiger partial charge in [0.25, 0.3) is 11.8 Å². The van der Waals surface area contributed by atoms with Gasteiger partial charge in [-0.3, -0.25) is 25.8 Å². The van der Waals surface area contributed by atoms with Crippen molar-refractivity contribution in [2.24, 2.45) is 0 Å². The van der Waals surface area contributed by atoms with E-state index in [1.807, 2.05) is 42.5 Å². The van der Waals surface area contributed by atoms with Gasteiger partial charge in [0, 0.05) is 5.56 Å². The molecule has 0 aliphatic heterocycles. The quantitative estimate of drug-likeness (QED) is 0.191. The summed E-state index contributed by atoms with van der Waals surface area (Å²) in [6.07, 6.45) is 0.898. The van der Waals surface area contributed by atoms with Crippen LogP contribution in [0, 0.1) is 0 Å². The van der Waals surface area contributed by atoms with E-state index in [0.717, 1.165) is 22.2 Å². The maximum absolute atomic E-state index is 12.4. The number of carbonyl (C=O) groups excluding carboxylic acids is 2. The Labute approximate surface area is 223 Å². The number of aryl methyl sites for hydroxylation is 1. The Kier molecular flexibility index (Phi) is 10.5. The molecule has 0 radical (unpaired) electrons. The molecule has 0 bridgehead atoms. The Hall–Kier alpha value is -3.63. The first-order chi connectivity index (χ1) is 17.4. The molecule has 0 saturated carbocycles. The lowest BCUT2D eigenvalue weighted by Crippen LogP contribution is -2.49. The van der Waals surface area contributed by atoms with Crippen molar-refractivity contribution in [1.29, 1.82) is 0 Å². The number of rotatable bonds is 10. The highest BCUT2D eigenvalue weighted by Crippen LogP contribution is 2.26. The summed E-state index contributed by atoms with van der Waals surface area (Å²) < 4.78 is 17.5. The molecule has 3 aromatic rings. The lowest BCUT2D eigenvalue weighted by molar-refractivity contribution is -0.123. The van der Waals surface area contributed by atoms with Gasteiger partial charge in [0.15, 0.2) is 11.7 Å². The van der Waals surface area contributed by atoms with Crippen LogP contribution in [0.3, 0.4) is 0 Å². The molecule has 0 aliphatic rings. The Balaban J connectivity index is 1.34. The number of amides is 2. The van der Waals surface area contributed by atoms with E-state index in [2.05, 4.69) is 39.0 Å². The number of halogens is 1. The minimum absolute atomic E-state index is 0.0554. The van der Waals surface area contributed by atoms with Crippen molar-refractivity contribution in [3.05, 3.63) is 88.4 Å². The molecule has 0 aliphatic carbocycles. The lowest BCUT2D eigenvalue weighted by atomic mass is 10.2. The predicted octanol–water partition coefficient (Wildman–Crippen LogP) is 4.18. The summed E-state index contributed by atoms with van der Waals surface area (Å²) in [5, 5.41) is 2.44. The first-order valence-electron chi connectivity index (χ1n) is 11.2. The number of ether oxygens (including phenoxy) is 3. The first kappa shape index (κ1) is 27.0. The number of carbonyl (C=O) groups is 2. The molecule has 0 unspecified atom stereocenters. The standard InChI is InChI=1S/C26H26BrN3O5S/c1-2-18-8-13-23(22(27)16-18)35-17-24(31)29-30-26(36)28-25(32)19-9-11-21(12-10-19)34-15-14-33-20-6-4-3-5-7-20/h3-13,16H,2,14-15,17H2,1H3,(H,29,31)(H2,28,30,32,36). The summed E-state index contributed by atoms with van der Waals surface area (Å²) in [6, 6.07) is 21.7. The molecule has 10 heteroatoms. The first-order valence-corrected chi connectivity index (χ1v) is 12.4. The summed E-state index contributed by atoms with van der Waals surface area (Å²) in [4.78, 5) is 24.4. The monoisotopic (exact) mass is 571 g/mol. The molecular weight excluding hydrogens is 546 g/mol. The highest BCUT2D eigenvalue weighted by Gasteiger charge is 2.10. The van der Waals surface area contributed by atoms with E-state index in [0.29, 0.717) is 30.3 Å². The summed E-state index contributed by atoms with van der Waals surface area (Å²) in [7, 11) is 0. The number of hydrogen-bond donors (Lipinski definition) is 3. The van der Waals surface area contributed by atoms with Gasteiger partial charge in [-0.15, -0.1) is 0 Å². The number of hydrogen-bond acceptors (Lipinski definition) is 6. The molecule has 0 atom stereocenters. The van der Waals surface area contributed by atoms with E-state index in [1.165, 1.54) is 0 Å². The van der Waals surface area contributed by atoms with Gasteiger partial charge in [-0.1, -0.05) is 31.2 Å². The summed E-state index contributed by atoms with van der Waals surface area (Å²) in [5.74, 6) is 1.03. The van der Waals surface area contributed by atoms with Gasteiger partial charge in [0.05, 0.1) is 4.47 Å². The van der Waals surface area contributed by atoms with Crippen molar-refractivity contribution >= 4 is 45.1 Å². The van der Waals surface area contributed by atoms with Gasteiger partial charge in [0.1, 0.15) is 30.5 Å². The number of para-hydroxylation sites is 1. The van der Waals surface area contributed by atoms with Gasteiger partial charge in [-0.05, 0) is 88.7 Å².